The number of ether oxygens (including phenoxy) is 3. The fraction of sp³-hybridized carbons (Fsp3) is 0.278. The van der Waals surface area contributed by atoms with Crippen LogP contribution in [0.15, 0.2) is 46.9 Å². The molecule has 1 N–H and O–H groups in total. The zero-order chi connectivity index (χ0) is 19.6. The Labute approximate surface area is 164 Å². The van der Waals surface area contributed by atoms with Crippen molar-refractivity contribution in [2.45, 2.75) is 13.0 Å². The smallest absolute Gasteiger partial charge is 0.338 e. The summed E-state index contributed by atoms with van der Waals surface area (Å²) in [6, 6.07) is 3.12. The van der Waals surface area contributed by atoms with Crippen LogP contribution in [0, 0.1) is 0 Å². The lowest BCUT2D eigenvalue weighted by Gasteiger charge is -2.28. The SMILES string of the molecule is C=CCOC(=O)C1=C(C)Nc2ncnn2C1c1cc(Br)c(OC)c(OC)c1. The molecule has 27 heavy (non-hydrogen) atoms. The van der Waals surface area contributed by atoms with E-state index < -0.39 is 12.0 Å². The standard InChI is InChI=1S/C18H19BrN4O4/c1-5-6-27-17(24)14-10(2)22-18-20-9-21-23(18)15(14)11-7-12(19)16(26-4)13(8-11)25-3/h5,7-9,15H,1,6H2,2-4H3,(H,20,21,22). The molecule has 1 atom stereocenters. The zero-order valence-electron chi connectivity index (χ0n) is 15.2. The van der Waals surface area contributed by atoms with Crippen LogP contribution in [0.2, 0.25) is 0 Å². The van der Waals surface area contributed by atoms with Gasteiger partial charge in [-0.15, -0.1) is 0 Å². The highest BCUT2D eigenvalue weighted by Crippen LogP contribution is 2.42. The van der Waals surface area contributed by atoms with E-state index in [-0.39, 0.29) is 6.61 Å². The molecule has 0 saturated heterocycles. The third-order valence-electron chi connectivity index (χ3n) is 4.12. The summed E-state index contributed by atoms with van der Waals surface area (Å²) < 4.78 is 18.4. The van der Waals surface area contributed by atoms with Crippen molar-refractivity contribution in [1.29, 1.82) is 0 Å². The molecule has 0 aliphatic carbocycles. The average Bonchev–Trinajstić information content (AvgIpc) is 3.12. The largest absolute Gasteiger partial charge is 0.493 e. The third-order valence-corrected chi connectivity index (χ3v) is 4.71. The van der Waals surface area contributed by atoms with E-state index >= 15 is 0 Å². The first-order valence-corrected chi connectivity index (χ1v) is 8.87. The van der Waals surface area contributed by atoms with Gasteiger partial charge in [-0.1, -0.05) is 12.7 Å². The van der Waals surface area contributed by atoms with Gasteiger partial charge in [0.15, 0.2) is 11.5 Å². The Morgan fingerprint density at radius 3 is 2.85 bits per heavy atom. The van der Waals surface area contributed by atoms with Crippen LogP contribution in [0.1, 0.15) is 18.5 Å². The molecule has 0 fully saturated rings. The number of halogens is 1. The van der Waals surface area contributed by atoms with Crippen molar-refractivity contribution in [3.63, 3.8) is 0 Å². The molecular weight excluding hydrogens is 416 g/mol. The number of allylic oxidation sites excluding steroid dienone is 1. The monoisotopic (exact) mass is 434 g/mol. The number of carbonyl (C=O) groups excluding carboxylic acids is 1. The summed E-state index contributed by atoms with van der Waals surface area (Å²) in [7, 11) is 3.11. The molecule has 1 aliphatic heterocycles. The van der Waals surface area contributed by atoms with Gasteiger partial charge in [0.05, 0.1) is 24.3 Å². The molecule has 0 bridgehead atoms. The predicted octanol–water partition coefficient (Wildman–Crippen LogP) is 3.08. The number of hydrogen-bond donors (Lipinski definition) is 1. The summed E-state index contributed by atoms with van der Waals surface area (Å²) in [5, 5.41) is 7.37. The van der Waals surface area contributed by atoms with Crippen molar-refractivity contribution in [1.82, 2.24) is 14.8 Å². The molecule has 9 heteroatoms. The minimum Gasteiger partial charge on any atom is -0.493 e. The van der Waals surface area contributed by atoms with Gasteiger partial charge in [0.2, 0.25) is 5.95 Å². The van der Waals surface area contributed by atoms with Crippen molar-refractivity contribution < 1.29 is 19.0 Å². The second-order valence-corrected chi connectivity index (χ2v) is 6.57. The van der Waals surface area contributed by atoms with Crippen molar-refractivity contribution in [2.75, 3.05) is 26.1 Å². The summed E-state index contributed by atoms with van der Waals surface area (Å²) in [5.74, 6) is 1.16. The molecule has 0 radical (unpaired) electrons. The number of carbonyl (C=O) groups is 1. The van der Waals surface area contributed by atoms with Gasteiger partial charge in [-0.25, -0.2) is 9.48 Å². The predicted molar refractivity (Wildman–Crippen MR) is 103 cm³/mol. The molecule has 1 aromatic carbocycles. The van der Waals surface area contributed by atoms with Crippen LogP contribution in [0.5, 0.6) is 11.5 Å². The number of fused-ring (bicyclic) bond motifs is 1. The second-order valence-electron chi connectivity index (χ2n) is 5.72. The van der Waals surface area contributed by atoms with Gasteiger partial charge < -0.3 is 19.5 Å². The molecule has 142 valence electrons. The van der Waals surface area contributed by atoms with Gasteiger partial charge in [0.1, 0.15) is 19.0 Å². The lowest BCUT2D eigenvalue weighted by molar-refractivity contribution is -0.138. The lowest BCUT2D eigenvalue weighted by Crippen LogP contribution is -2.29. The maximum atomic E-state index is 12.7. The number of benzene rings is 1. The highest BCUT2D eigenvalue weighted by atomic mass is 79.9. The van der Waals surface area contributed by atoms with Crippen LogP contribution < -0.4 is 14.8 Å². The first kappa shape index (κ1) is 19.0. The summed E-state index contributed by atoms with van der Waals surface area (Å²) >= 11 is 3.50. The van der Waals surface area contributed by atoms with Crippen LogP contribution in [0.25, 0.3) is 0 Å². The van der Waals surface area contributed by atoms with Gasteiger partial charge in [0, 0.05) is 5.70 Å². The maximum Gasteiger partial charge on any atom is 0.338 e. The molecule has 8 nitrogen and oxygen atoms in total. The topological polar surface area (TPSA) is 87.5 Å². The molecule has 0 saturated carbocycles. The van der Waals surface area contributed by atoms with Gasteiger partial charge in [-0.3, -0.25) is 0 Å². The molecule has 2 heterocycles. The molecule has 1 aromatic heterocycles. The van der Waals surface area contributed by atoms with Crippen molar-refractivity contribution in [2.24, 2.45) is 0 Å². The molecular formula is C18H19BrN4O4. The number of methoxy groups -OCH3 is 2. The number of nitrogens with one attached hydrogen (secondary N) is 1. The average molecular weight is 435 g/mol. The van der Waals surface area contributed by atoms with Crippen LogP contribution in [0.3, 0.4) is 0 Å². The molecule has 0 spiro atoms. The Morgan fingerprint density at radius 2 is 2.19 bits per heavy atom. The first-order valence-electron chi connectivity index (χ1n) is 8.08. The van der Waals surface area contributed by atoms with Crippen LogP contribution in [-0.4, -0.2) is 41.6 Å². The first-order chi connectivity index (χ1) is 13.0. The third kappa shape index (κ3) is 3.42. The summed E-state index contributed by atoms with van der Waals surface area (Å²) in [6.07, 6.45) is 2.95. The van der Waals surface area contributed by atoms with E-state index in [2.05, 4.69) is 37.9 Å². The highest BCUT2D eigenvalue weighted by molar-refractivity contribution is 9.10. The maximum absolute atomic E-state index is 12.7. The van der Waals surface area contributed by atoms with E-state index in [0.29, 0.717) is 33.2 Å². The Hall–Kier alpha value is -2.81. The van der Waals surface area contributed by atoms with E-state index in [1.54, 1.807) is 31.9 Å². The minimum absolute atomic E-state index is 0.113. The molecule has 3 rings (SSSR count). The van der Waals surface area contributed by atoms with E-state index in [4.69, 9.17) is 14.2 Å². The van der Waals surface area contributed by atoms with E-state index in [1.165, 1.54) is 12.4 Å². The Bertz CT molecular complexity index is 922. The lowest BCUT2D eigenvalue weighted by atomic mass is 9.95. The summed E-state index contributed by atoms with van der Waals surface area (Å²) in [4.78, 5) is 17.0. The number of aromatic nitrogens is 3. The van der Waals surface area contributed by atoms with Crippen LogP contribution >= 0.6 is 15.9 Å². The van der Waals surface area contributed by atoms with E-state index in [0.717, 1.165) is 5.56 Å². The number of nitrogens with zero attached hydrogens (tertiary/aromatic N) is 3. The Balaban J connectivity index is 2.17. The Kier molecular flexibility index (Phi) is 5.50. The van der Waals surface area contributed by atoms with Gasteiger partial charge in [-0.2, -0.15) is 10.1 Å². The molecule has 0 amide bonds. The summed E-state index contributed by atoms with van der Waals surface area (Å²) in [5.41, 5.74) is 1.83. The van der Waals surface area contributed by atoms with E-state index in [9.17, 15) is 4.79 Å². The van der Waals surface area contributed by atoms with Crippen molar-refractivity contribution >= 4 is 27.8 Å². The van der Waals surface area contributed by atoms with Crippen molar-refractivity contribution in [3.8, 4) is 11.5 Å². The highest BCUT2D eigenvalue weighted by Gasteiger charge is 2.35. The van der Waals surface area contributed by atoms with E-state index in [1.807, 2.05) is 6.07 Å². The van der Waals surface area contributed by atoms with Gasteiger partial charge in [0.25, 0.3) is 0 Å². The van der Waals surface area contributed by atoms with Gasteiger partial charge >= 0.3 is 5.97 Å². The Morgan fingerprint density at radius 1 is 1.41 bits per heavy atom. The van der Waals surface area contributed by atoms with Crippen LogP contribution in [0.4, 0.5) is 5.95 Å². The fourth-order valence-corrected chi connectivity index (χ4v) is 3.59. The zero-order valence-corrected chi connectivity index (χ0v) is 16.7. The second kappa shape index (κ2) is 7.83. The molecule has 2 aromatic rings. The summed E-state index contributed by atoms with van der Waals surface area (Å²) in [6.45, 7) is 5.49. The molecule has 1 unspecified atom stereocenters. The normalized spacial score (nSPS) is 15.6. The minimum atomic E-state index is -0.544. The quantitative estimate of drug-likeness (QED) is 0.551. The number of hydrogen-bond acceptors (Lipinski definition) is 7. The number of rotatable bonds is 6. The van der Waals surface area contributed by atoms with Gasteiger partial charge in [-0.05, 0) is 40.5 Å². The fourth-order valence-electron chi connectivity index (χ4n) is 2.97. The number of anilines is 1. The number of esters is 1. The van der Waals surface area contributed by atoms with Crippen LogP contribution in [-0.2, 0) is 9.53 Å². The molecule has 1 aliphatic rings. The van der Waals surface area contributed by atoms with Crippen molar-refractivity contribution in [3.05, 3.63) is 52.4 Å².